The normalized spacial score (nSPS) is 12.2. The molecule has 2 rings (SSSR count). The largest absolute Gasteiger partial charge is 0.487 e. The molecular formula is C17H19Cl2NO. The SMILES string of the molecule is CCC(N)Cc1cccc(Cl)c1OCc1ccccc1Cl. The molecule has 0 aromatic heterocycles. The molecule has 0 radical (unpaired) electrons. The van der Waals surface area contributed by atoms with E-state index in [0.29, 0.717) is 22.4 Å². The molecule has 1 atom stereocenters. The molecule has 2 aromatic rings. The third-order valence-corrected chi connectivity index (χ3v) is 4.05. The molecular weight excluding hydrogens is 305 g/mol. The fourth-order valence-corrected chi connectivity index (χ4v) is 2.51. The van der Waals surface area contributed by atoms with E-state index in [1.54, 1.807) is 0 Å². The van der Waals surface area contributed by atoms with Crippen molar-refractivity contribution in [1.82, 2.24) is 0 Å². The average Bonchev–Trinajstić information content (AvgIpc) is 2.48. The van der Waals surface area contributed by atoms with Crippen LogP contribution in [0.4, 0.5) is 0 Å². The lowest BCUT2D eigenvalue weighted by Gasteiger charge is -2.16. The van der Waals surface area contributed by atoms with Gasteiger partial charge in [-0.25, -0.2) is 0 Å². The second-order valence-corrected chi connectivity index (χ2v) is 5.80. The van der Waals surface area contributed by atoms with Gasteiger partial charge in [-0.2, -0.15) is 0 Å². The zero-order valence-electron chi connectivity index (χ0n) is 12.0. The maximum atomic E-state index is 6.26. The van der Waals surface area contributed by atoms with Gasteiger partial charge in [-0.1, -0.05) is 60.5 Å². The highest BCUT2D eigenvalue weighted by Gasteiger charge is 2.12. The zero-order chi connectivity index (χ0) is 15.2. The Labute approximate surface area is 135 Å². The van der Waals surface area contributed by atoms with Crippen LogP contribution in [0.5, 0.6) is 5.75 Å². The molecule has 0 bridgehead atoms. The van der Waals surface area contributed by atoms with Crippen molar-refractivity contribution in [3.05, 3.63) is 63.6 Å². The smallest absolute Gasteiger partial charge is 0.141 e. The summed E-state index contributed by atoms with van der Waals surface area (Å²) in [5.41, 5.74) is 8.00. The summed E-state index contributed by atoms with van der Waals surface area (Å²) in [5, 5.41) is 1.29. The predicted molar refractivity (Wildman–Crippen MR) is 89.2 cm³/mol. The molecule has 2 nitrogen and oxygen atoms in total. The molecule has 112 valence electrons. The molecule has 0 heterocycles. The van der Waals surface area contributed by atoms with Crippen LogP contribution in [0, 0.1) is 0 Å². The summed E-state index contributed by atoms with van der Waals surface area (Å²) in [6.45, 7) is 2.46. The summed E-state index contributed by atoms with van der Waals surface area (Å²) in [7, 11) is 0. The lowest BCUT2D eigenvalue weighted by atomic mass is 10.0. The van der Waals surface area contributed by atoms with Crippen molar-refractivity contribution in [3.63, 3.8) is 0 Å². The van der Waals surface area contributed by atoms with Crippen LogP contribution in [0.1, 0.15) is 24.5 Å². The lowest BCUT2D eigenvalue weighted by molar-refractivity contribution is 0.302. The van der Waals surface area contributed by atoms with Crippen molar-refractivity contribution in [1.29, 1.82) is 0 Å². The minimum Gasteiger partial charge on any atom is -0.487 e. The Morgan fingerprint density at radius 2 is 1.67 bits per heavy atom. The highest BCUT2D eigenvalue weighted by atomic mass is 35.5. The number of halogens is 2. The van der Waals surface area contributed by atoms with E-state index >= 15 is 0 Å². The predicted octanol–water partition coefficient (Wildman–Crippen LogP) is 4.85. The first-order valence-corrected chi connectivity index (χ1v) is 7.76. The highest BCUT2D eigenvalue weighted by Crippen LogP contribution is 2.31. The standard InChI is InChI=1S/C17H19Cl2NO/c1-2-14(20)10-12-7-5-9-16(19)17(12)21-11-13-6-3-4-8-15(13)18/h3-9,14H,2,10-11,20H2,1H3. The first kappa shape index (κ1) is 16.2. The van der Waals surface area contributed by atoms with Crippen LogP contribution < -0.4 is 10.5 Å². The van der Waals surface area contributed by atoms with Crippen molar-refractivity contribution in [2.24, 2.45) is 5.73 Å². The van der Waals surface area contributed by atoms with Crippen molar-refractivity contribution >= 4 is 23.2 Å². The monoisotopic (exact) mass is 323 g/mol. The van der Waals surface area contributed by atoms with Crippen LogP contribution in [0.15, 0.2) is 42.5 Å². The fraction of sp³-hybridized carbons (Fsp3) is 0.294. The van der Waals surface area contributed by atoms with E-state index in [-0.39, 0.29) is 6.04 Å². The number of nitrogens with two attached hydrogens (primary N) is 1. The number of benzene rings is 2. The van der Waals surface area contributed by atoms with Gasteiger partial charge in [-0.3, -0.25) is 0 Å². The molecule has 2 N–H and O–H groups in total. The van der Waals surface area contributed by atoms with Gasteiger partial charge in [0, 0.05) is 16.6 Å². The van der Waals surface area contributed by atoms with Crippen LogP contribution in [0.3, 0.4) is 0 Å². The summed E-state index contributed by atoms with van der Waals surface area (Å²) in [4.78, 5) is 0. The van der Waals surface area contributed by atoms with Crippen LogP contribution >= 0.6 is 23.2 Å². The van der Waals surface area contributed by atoms with Crippen molar-refractivity contribution in [2.45, 2.75) is 32.4 Å². The van der Waals surface area contributed by atoms with Crippen LogP contribution in [-0.4, -0.2) is 6.04 Å². The van der Waals surface area contributed by atoms with Crippen molar-refractivity contribution < 1.29 is 4.74 Å². The minimum atomic E-state index is 0.103. The Balaban J connectivity index is 2.17. The first-order chi connectivity index (χ1) is 10.1. The number of para-hydroxylation sites is 1. The summed E-state index contributed by atoms with van der Waals surface area (Å²) in [6, 6.07) is 13.5. The second kappa shape index (κ2) is 7.69. The van der Waals surface area contributed by atoms with Crippen LogP contribution in [0.25, 0.3) is 0 Å². The Morgan fingerprint density at radius 3 is 2.38 bits per heavy atom. The van der Waals surface area contributed by atoms with E-state index in [1.807, 2.05) is 42.5 Å². The van der Waals surface area contributed by atoms with Gasteiger partial charge >= 0.3 is 0 Å². The lowest BCUT2D eigenvalue weighted by Crippen LogP contribution is -2.21. The van der Waals surface area contributed by atoms with Crippen molar-refractivity contribution in [2.75, 3.05) is 0 Å². The third-order valence-electron chi connectivity index (χ3n) is 3.38. The zero-order valence-corrected chi connectivity index (χ0v) is 13.5. The molecule has 0 aliphatic heterocycles. The van der Waals surface area contributed by atoms with E-state index in [0.717, 1.165) is 24.0 Å². The van der Waals surface area contributed by atoms with E-state index in [1.165, 1.54) is 0 Å². The van der Waals surface area contributed by atoms with Gasteiger partial charge in [0.2, 0.25) is 0 Å². The van der Waals surface area contributed by atoms with Crippen LogP contribution in [-0.2, 0) is 13.0 Å². The quantitative estimate of drug-likeness (QED) is 0.824. The summed E-state index contributed by atoms with van der Waals surface area (Å²) >= 11 is 12.4. The second-order valence-electron chi connectivity index (χ2n) is 4.98. The molecule has 4 heteroatoms. The van der Waals surface area contributed by atoms with Crippen LogP contribution in [0.2, 0.25) is 10.0 Å². The maximum Gasteiger partial charge on any atom is 0.141 e. The summed E-state index contributed by atoms with van der Waals surface area (Å²) < 4.78 is 5.91. The third kappa shape index (κ3) is 4.37. The molecule has 1 unspecified atom stereocenters. The van der Waals surface area contributed by atoms with Gasteiger partial charge in [0.15, 0.2) is 0 Å². The van der Waals surface area contributed by atoms with Gasteiger partial charge in [0.1, 0.15) is 12.4 Å². The molecule has 0 saturated carbocycles. The highest BCUT2D eigenvalue weighted by molar-refractivity contribution is 6.32. The van der Waals surface area contributed by atoms with Gasteiger partial charge in [-0.15, -0.1) is 0 Å². The van der Waals surface area contributed by atoms with Gasteiger partial charge in [0.05, 0.1) is 5.02 Å². The molecule has 2 aromatic carbocycles. The Kier molecular flexibility index (Phi) is 5.92. The molecule has 0 fully saturated rings. The Hall–Kier alpha value is -1.22. The maximum absolute atomic E-state index is 6.26. The number of hydrogen-bond acceptors (Lipinski definition) is 2. The van der Waals surface area contributed by atoms with Crippen molar-refractivity contribution in [3.8, 4) is 5.75 Å². The first-order valence-electron chi connectivity index (χ1n) is 7.01. The average molecular weight is 324 g/mol. The van der Waals surface area contributed by atoms with Gasteiger partial charge < -0.3 is 10.5 Å². The molecule has 0 spiro atoms. The summed E-state index contributed by atoms with van der Waals surface area (Å²) in [5.74, 6) is 0.697. The topological polar surface area (TPSA) is 35.2 Å². The Bertz CT molecular complexity index is 601. The minimum absolute atomic E-state index is 0.103. The molecule has 0 aliphatic rings. The van der Waals surface area contributed by atoms with Gasteiger partial charge in [-0.05, 0) is 30.5 Å². The number of ether oxygens (including phenoxy) is 1. The van der Waals surface area contributed by atoms with E-state index in [9.17, 15) is 0 Å². The Morgan fingerprint density at radius 1 is 1.00 bits per heavy atom. The van der Waals surface area contributed by atoms with E-state index in [2.05, 4.69) is 6.92 Å². The number of hydrogen-bond donors (Lipinski definition) is 1. The summed E-state index contributed by atoms with van der Waals surface area (Å²) in [6.07, 6.45) is 1.66. The van der Waals surface area contributed by atoms with E-state index < -0.39 is 0 Å². The molecule has 0 aliphatic carbocycles. The number of rotatable bonds is 6. The fourth-order valence-electron chi connectivity index (χ4n) is 2.07. The molecule has 0 saturated heterocycles. The van der Waals surface area contributed by atoms with E-state index in [4.69, 9.17) is 33.7 Å². The van der Waals surface area contributed by atoms with Gasteiger partial charge in [0.25, 0.3) is 0 Å². The molecule has 21 heavy (non-hydrogen) atoms. The molecule has 0 amide bonds.